The molecule has 1 N–H and O–H groups in total. The maximum absolute atomic E-state index is 7.03. The van der Waals surface area contributed by atoms with E-state index in [0.29, 0.717) is 6.04 Å². The second kappa shape index (κ2) is 3.46. The third-order valence-electron chi connectivity index (χ3n) is 2.57. The van der Waals surface area contributed by atoms with E-state index < -0.39 is 0 Å². The minimum Gasteiger partial charge on any atom is -0.294 e. The van der Waals surface area contributed by atoms with Crippen LogP contribution in [0.4, 0.5) is 5.69 Å². The largest absolute Gasteiger partial charge is 0.294 e. The first-order valence-corrected chi connectivity index (χ1v) is 4.90. The van der Waals surface area contributed by atoms with E-state index in [1.807, 2.05) is 12.1 Å². The van der Waals surface area contributed by atoms with Crippen LogP contribution in [0.25, 0.3) is 4.85 Å². The van der Waals surface area contributed by atoms with E-state index in [2.05, 4.69) is 25.4 Å². The molecule has 13 heavy (non-hydrogen) atoms. The van der Waals surface area contributed by atoms with Gasteiger partial charge < -0.3 is 0 Å². The molecule has 0 heterocycles. The molecule has 66 valence electrons. The molecule has 0 aromatic heterocycles. The summed E-state index contributed by atoms with van der Waals surface area (Å²) in [6, 6.07) is 6.39. The highest BCUT2D eigenvalue weighted by atomic mass is 31.0. The van der Waals surface area contributed by atoms with Gasteiger partial charge in [-0.15, -0.1) is 0 Å². The molecule has 1 aliphatic rings. The molecule has 0 bridgehead atoms. The normalized spacial score (nSPS) is 19.5. The van der Waals surface area contributed by atoms with E-state index in [9.17, 15) is 0 Å². The van der Waals surface area contributed by atoms with Crippen molar-refractivity contribution in [2.75, 3.05) is 0 Å². The number of rotatable bonds is 1. The molecule has 2 rings (SSSR count). The van der Waals surface area contributed by atoms with Gasteiger partial charge in [-0.05, 0) is 24.0 Å². The van der Waals surface area contributed by atoms with Crippen molar-refractivity contribution >= 4 is 15.1 Å². The molecule has 2 atom stereocenters. The number of benzene rings is 1. The first-order chi connectivity index (χ1) is 6.36. The van der Waals surface area contributed by atoms with E-state index in [0.717, 1.165) is 18.5 Å². The fraction of sp³-hybridized carbons (Fsp3) is 0.300. The Labute approximate surface area is 80.4 Å². The van der Waals surface area contributed by atoms with Gasteiger partial charge in [-0.2, -0.15) is 0 Å². The maximum atomic E-state index is 7.03. The summed E-state index contributed by atoms with van der Waals surface area (Å²) in [5.74, 6) is 0. The Balaban J connectivity index is 2.50. The van der Waals surface area contributed by atoms with Gasteiger partial charge in [0.1, 0.15) is 0 Å². The summed E-state index contributed by atoms with van der Waals surface area (Å²) < 4.78 is 0. The van der Waals surface area contributed by atoms with Gasteiger partial charge in [-0.3, -0.25) is 5.09 Å². The molecule has 0 saturated carbocycles. The number of nitrogens with one attached hydrogen (secondary N) is 1. The van der Waals surface area contributed by atoms with Crippen LogP contribution in [-0.2, 0) is 6.42 Å². The third-order valence-corrected chi connectivity index (χ3v) is 2.97. The summed E-state index contributed by atoms with van der Waals surface area (Å²) in [7, 11) is 2.55. The van der Waals surface area contributed by atoms with E-state index in [1.54, 1.807) is 0 Å². The lowest BCUT2D eigenvalue weighted by atomic mass is 10.1. The van der Waals surface area contributed by atoms with Crippen molar-refractivity contribution in [3.63, 3.8) is 0 Å². The highest BCUT2D eigenvalue weighted by Crippen LogP contribution is 2.37. The monoisotopic (exact) mass is 190 g/mol. The van der Waals surface area contributed by atoms with Gasteiger partial charge in [0.15, 0.2) is 5.69 Å². The van der Waals surface area contributed by atoms with Gasteiger partial charge >= 0.3 is 0 Å². The smallest absolute Gasteiger partial charge is 0.190 e. The van der Waals surface area contributed by atoms with Gasteiger partial charge in [0, 0.05) is 6.04 Å². The zero-order valence-electron chi connectivity index (χ0n) is 7.25. The van der Waals surface area contributed by atoms with E-state index in [4.69, 9.17) is 6.57 Å². The Morgan fingerprint density at radius 3 is 3.08 bits per heavy atom. The molecule has 0 fully saturated rings. The lowest BCUT2D eigenvalue weighted by molar-refractivity contribution is 0.667. The van der Waals surface area contributed by atoms with E-state index in [-0.39, 0.29) is 0 Å². The van der Waals surface area contributed by atoms with E-state index in [1.165, 1.54) is 11.1 Å². The van der Waals surface area contributed by atoms with Gasteiger partial charge in [-0.1, -0.05) is 27.6 Å². The Morgan fingerprint density at radius 1 is 1.54 bits per heavy atom. The topological polar surface area (TPSA) is 16.4 Å². The van der Waals surface area contributed by atoms with Crippen LogP contribution in [0.2, 0.25) is 0 Å². The van der Waals surface area contributed by atoms with Gasteiger partial charge in [0.2, 0.25) is 0 Å². The van der Waals surface area contributed by atoms with Crippen LogP contribution in [0.1, 0.15) is 23.6 Å². The Bertz CT molecular complexity index is 368. The summed E-state index contributed by atoms with van der Waals surface area (Å²) in [4.78, 5) is 3.53. The Hall–Kier alpha value is -0.900. The molecular formula is C10H11N2P. The molecule has 0 amide bonds. The summed E-state index contributed by atoms with van der Waals surface area (Å²) in [6.07, 6.45) is 2.13. The number of nitrogens with zero attached hydrogens (tertiary/aromatic N) is 1. The zero-order valence-corrected chi connectivity index (χ0v) is 8.40. The molecule has 0 radical (unpaired) electrons. The number of fused-ring (bicyclic) bond motifs is 1. The molecule has 1 aliphatic carbocycles. The number of hydrogen-bond acceptors (Lipinski definition) is 1. The molecule has 3 heteroatoms. The molecule has 2 nitrogen and oxygen atoms in total. The summed E-state index contributed by atoms with van der Waals surface area (Å²) in [6.45, 7) is 7.03. The predicted octanol–water partition coefficient (Wildman–Crippen LogP) is 2.60. The molecular weight excluding hydrogens is 179 g/mol. The molecule has 0 saturated heterocycles. The van der Waals surface area contributed by atoms with Crippen LogP contribution in [0.5, 0.6) is 0 Å². The molecule has 0 spiro atoms. The SMILES string of the molecule is [C-]#[N+]c1cccc2c1CC[C@@H]2NP. The van der Waals surface area contributed by atoms with Gasteiger partial charge in [0.25, 0.3) is 0 Å². The first kappa shape index (κ1) is 8.69. The highest BCUT2D eigenvalue weighted by molar-refractivity contribution is 7.13. The van der Waals surface area contributed by atoms with Crippen molar-refractivity contribution in [3.05, 3.63) is 40.7 Å². The van der Waals surface area contributed by atoms with Crippen LogP contribution in [-0.4, -0.2) is 0 Å². The molecule has 0 aliphatic heterocycles. The predicted molar refractivity (Wildman–Crippen MR) is 56.6 cm³/mol. The van der Waals surface area contributed by atoms with Gasteiger partial charge in [-0.25, -0.2) is 4.85 Å². The average Bonchev–Trinajstić information content (AvgIpc) is 2.60. The van der Waals surface area contributed by atoms with Crippen molar-refractivity contribution in [1.29, 1.82) is 0 Å². The third kappa shape index (κ3) is 1.35. The lowest BCUT2D eigenvalue weighted by Crippen LogP contribution is -2.05. The average molecular weight is 190 g/mol. The summed E-state index contributed by atoms with van der Waals surface area (Å²) in [5, 5.41) is 3.19. The highest BCUT2D eigenvalue weighted by Gasteiger charge is 2.22. The van der Waals surface area contributed by atoms with Crippen molar-refractivity contribution in [1.82, 2.24) is 5.09 Å². The Kier molecular flexibility index (Phi) is 2.31. The fourth-order valence-electron chi connectivity index (χ4n) is 1.91. The Morgan fingerprint density at radius 2 is 2.38 bits per heavy atom. The molecule has 1 aromatic rings. The molecule has 1 unspecified atom stereocenters. The number of hydrogen-bond donors (Lipinski definition) is 1. The molecule has 1 aromatic carbocycles. The first-order valence-electron chi connectivity index (χ1n) is 4.32. The minimum atomic E-state index is 0.418. The standard InChI is InChI=1S/C10H11N2P/c1-11-9-4-2-3-7-8(9)5-6-10(7)12-13/h2-4,10,12H,5-6,13H2/t10-/m0/s1. The fourth-order valence-corrected chi connectivity index (χ4v) is 2.26. The summed E-state index contributed by atoms with van der Waals surface area (Å²) >= 11 is 0. The van der Waals surface area contributed by atoms with Crippen molar-refractivity contribution in [2.24, 2.45) is 0 Å². The van der Waals surface area contributed by atoms with E-state index >= 15 is 0 Å². The van der Waals surface area contributed by atoms with Gasteiger partial charge in [0.05, 0.1) is 6.57 Å². The second-order valence-electron chi connectivity index (χ2n) is 3.21. The van der Waals surface area contributed by atoms with Crippen LogP contribution in [0, 0.1) is 6.57 Å². The summed E-state index contributed by atoms with van der Waals surface area (Å²) in [5.41, 5.74) is 3.35. The van der Waals surface area contributed by atoms with Crippen molar-refractivity contribution < 1.29 is 0 Å². The van der Waals surface area contributed by atoms with Crippen LogP contribution in [0.15, 0.2) is 18.2 Å². The maximum Gasteiger partial charge on any atom is 0.190 e. The second-order valence-corrected chi connectivity index (χ2v) is 3.55. The zero-order chi connectivity index (χ0) is 9.26. The van der Waals surface area contributed by atoms with Crippen molar-refractivity contribution in [3.8, 4) is 0 Å². The van der Waals surface area contributed by atoms with Crippen LogP contribution in [0.3, 0.4) is 0 Å². The van der Waals surface area contributed by atoms with Crippen LogP contribution < -0.4 is 5.09 Å². The quantitative estimate of drug-likeness (QED) is 0.531. The van der Waals surface area contributed by atoms with Crippen molar-refractivity contribution in [2.45, 2.75) is 18.9 Å². The lowest BCUT2D eigenvalue weighted by Gasteiger charge is -2.09. The minimum absolute atomic E-state index is 0.418. The van der Waals surface area contributed by atoms with Crippen LogP contribution >= 0.6 is 9.39 Å².